The van der Waals surface area contributed by atoms with Gasteiger partial charge in [-0.15, -0.1) is 0 Å². The summed E-state index contributed by atoms with van der Waals surface area (Å²) < 4.78 is 67.1. The molecule has 0 saturated carbocycles. The lowest BCUT2D eigenvalue weighted by atomic mass is 10.0. The van der Waals surface area contributed by atoms with Crippen LogP contribution in [-0.2, 0) is 5.92 Å². The van der Waals surface area contributed by atoms with Gasteiger partial charge < -0.3 is 4.98 Å². The summed E-state index contributed by atoms with van der Waals surface area (Å²) >= 11 is 0. The first kappa shape index (κ1) is 16.2. The Balaban J connectivity index is 2.39. The minimum absolute atomic E-state index is 0.0518. The van der Waals surface area contributed by atoms with Crippen LogP contribution in [0.2, 0.25) is 0 Å². The van der Waals surface area contributed by atoms with Crippen LogP contribution in [0, 0.1) is 6.92 Å². The Hall–Kier alpha value is -2.71. The number of para-hydroxylation sites is 1. The van der Waals surface area contributed by atoms with Gasteiger partial charge in [-0.1, -0.05) is 18.2 Å². The molecule has 4 nitrogen and oxygen atoms in total. The Labute approximate surface area is 131 Å². The summed E-state index contributed by atoms with van der Waals surface area (Å²) in [5, 5.41) is 3.57. The highest BCUT2D eigenvalue weighted by atomic mass is 19.4. The van der Waals surface area contributed by atoms with Crippen molar-refractivity contribution in [3.05, 3.63) is 58.0 Å². The van der Waals surface area contributed by atoms with Gasteiger partial charge in [-0.05, 0) is 19.1 Å². The molecule has 0 aliphatic carbocycles. The molecule has 3 rings (SSSR count). The van der Waals surface area contributed by atoms with Crippen LogP contribution in [0.15, 0.2) is 41.2 Å². The summed E-state index contributed by atoms with van der Waals surface area (Å²) in [5.41, 5.74) is -2.33. The number of nitrogens with zero attached hydrogens (tertiary/aromatic N) is 2. The smallest absolute Gasteiger partial charge is 0.306 e. The highest BCUT2D eigenvalue weighted by Gasteiger charge is 2.59. The molecule has 0 bridgehead atoms. The lowest BCUT2D eigenvalue weighted by Crippen LogP contribution is -2.35. The van der Waals surface area contributed by atoms with E-state index < -0.39 is 28.6 Å². The van der Waals surface area contributed by atoms with E-state index in [4.69, 9.17) is 0 Å². The Morgan fingerprint density at radius 3 is 2.29 bits per heavy atom. The zero-order valence-corrected chi connectivity index (χ0v) is 12.2. The number of aromatic nitrogens is 3. The maximum Gasteiger partial charge on any atom is 0.458 e. The minimum Gasteiger partial charge on any atom is -0.306 e. The number of pyridine rings is 1. The second kappa shape index (κ2) is 5.15. The second-order valence-corrected chi connectivity index (χ2v) is 5.18. The van der Waals surface area contributed by atoms with E-state index in [0.29, 0.717) is 5.69 Å². The number of hydrogen-bond donors (Lipinski definition) is 1. The third-order valence-corrected chi connectivity index (χ3v) is 3.54. The van der Waals surface area contributed by atoms with Crippen LogP contribution in [0.5, 0.6) is 0 Å². The van der Waals surface area contributed by atoms with Crippen molar-refractivity contribution in [3.8, 4) is 5.69 Å². The lowest BCUT2D eigenvalue weighted by Gasteiger charge is -2.20. The van der Waals surface area contributed by atoms with Gasteiger partial charge in [0.25, 0.3) is 0 Å². The summed E-state index contributed by atoms with van der Waals surface area (Å²) in [6.07, 6.45) is -5.82. The van der Waals surface area contributed by atoms with Crippen LogP contribution >= 0.6 is 0 Å². The Kier molecular flexibility index (Phi) is 3.47. The molecular weight excluding hydrogens is 333 g/mol. The molecule has 1 aromatic carbocycles. The highest BCUT2D eigenvalue weighted by Crippen LogP contribution is 2.46. The van der Waals surface area contributed by atoms with Crippen molar-refractivity contribution in [1.29, 1.82) is 0 Å². The van der Waals surface area contributed by atoms with Gasteiger partial charge in [0.15, 0.2) is 0 Å². The average molecular weight is 343 g/mol. The number of halogens is 5. The van der Waals surface area contributed by atoms with Crippen molar-refractivity contribution in [3.63, 3.8) is 0 Å². The van der Waals surface area contributed by atoms with Gasteiger partial charge in [-0.3, -0.25) is 4.79 Å². The van der Waals surface area contributed by atoms with E-state index in [2.05, 4.69) is 10.1 Å². The molecule has 0 aliphatic heterocycles. The zero-order valence-electron chi connectivity index (χ0n) is 12.2. The molecule has 0 radical (unpaired) electrons. The van der Waals surface area contributed by atoms with E-state index in [-0.39, 0.29) is 17.4 Å². The third-order valence-electron chi connectivity index (χ3n) is 3.54. The number of aryl methyl sites for hydroxylation is 1. The van der Waals surface area contributed by atoms with E-state index in [9.17, 15) is 26.7 Å². The first-order valence-electron chi connectivity index (χ1n) is 6.76. The molecule has 0 fully saturated rings. The van der Waals surface area contributed by atoms with Gasteiger partial charge in [-0.25, -0.2) is 4.68 Å². The van der Waals surface area contributed by atoms with Crippen molar-refractivity contribution in [2.75, 3.05) is 0 Å². The molecule has 0 unspecified atom stereocenters. The van der Waals surface area contributed by atoms with Crippen molar-refractivity contribution < 1.29 is 22.0 Å². The maximum absolute atomic E-state index is 13.8. The van der Waals surface area contributed by atoms with Gasteiger partial charge in [0, 0.05) is 11.6 Å². The Bertz CT molecular complexity index is 957. The molecule has 0 saturated heterocycles. The first-order valence-corrected chi connectivity index (χ1v) is 6.76. The Morgan fingerprint density at radius 2 is 1.71 bits per heavy atom. The van der Waals surface area contributed by atoms with Crippen LogP contribution < -0.4 is 5.56 Å². The van der Waals surface area contributed by atoms with Gasteiger partial charge >= 0.3 is 12.1 Å². The fourth-order valence-electron chi connectivity index (χ4n) is 2.48. The molecule has 9 heteroatoms. The molecule has 0 atom stereocenters. The molecule has 0 aliphatic rings. The number of H-pyrrole nitrogens is 1. The van der Waals surface area contributed by atoms with Crippen LogP contribution in [0.4, 0.5) is 22.0 Å². The Morgan fingerprint density at radius 1 is 1.08 bits per heavy atom. The van der Waals surface area contributed by atoms with Gasteiger partial charge in [-0.2, -0.15) is 27.1 Å². The van der Waals surface area contributed by atoms with E-state index in [1.165, 1.54) is 6.92 Å². The van der Waals surface area contributed by atoms with Crippen LogP contribution in [0.3, 0.4) is 0 Å². The summed E-state index contributed by atoms with van der Waals surface area (Å²) in [7, 11) is 0. The number of benzene rings is 1. The van der Waals surface area contributed by atoms with E-state index in [0.717, 1.165) is 4.68 Å². The summed E-state index contributed by atoms with van der Waals surface area (Å²) in [4.78, 5) is 14.0. The number of hydrogen-bond acceptors (Lipinski definition) is 2. The monoisotopic (exact) mass is 343 g/mol. The number of fused-ring (bicyclic) bond motifs is 1. The molecule has 126 valence electrons. The predicted molar refractivity (Wildman–Crippen MR) is 76.4 cm³/mol. The normalized spacial score (nSPS) is 12.8. The fraction of sp³-hybridized carbons (Fsp3) is 0.200. The van der Waals surface area contributed by atoms with Gasteiger partial charge in [0.05, 0.1) is 16.8 Å². The molecular formula is C15H10F5N3O. The molecule has 24 heavy (non-hydrogen) atoms. The summed E-state index contributed by atoms with van der Waals surface area (Å²) in [6, 6.07) is 8.42. The van der Waals surface area contributed by atoms with Crippen molar-refractivity contribution >= 4 is 11.0 Å². The van der Waals surface area contributed by atoms with Crippen molar-refractivity contribution in [2.45, 2.75) is 19.0 Å². The lowest BCUT2D eigenvalue weighted by molar-refractivity contribution is -0.288. The topological polar surface area (TPSA) is 50.7 Å². The first-order chi connectivity index (χ1) is 11.1. The standard InChI is InChI=1S/C15H10F5N3O/c1-8-12-10(14(16,17)15(18,19)20)7-11(24)21-13(12)23(22-8)9-5-3-2-4-6-9/h2-7H,1H3,(H,21,24). The minimum atomic E-state index is -5.82. The van der Waals surface area contributed by atoms with E-state index in [1.807, 2.05) is 0 Å². The zero-order chi connectivity index (χ0) is 17.7. The van der Waals surface area contributed by atoms with Gasteiger partial charge in [0.1, 0.15) is 5.65 Å². The van der Waals surface area contributed by atoms with Crippen LogP contribution in [0.1, 0.15) is 11.3 Å². The largest absolute Gasteiger partial charge is 0.458 e. The average Bonchev–Trinajstić information content (AvgIpc) is 2.83. The molecule has 0 spiro atoms. The summed E-state index contributed by atoms with van der Waals surface area (Å²) in [5.74, 6) is -5.17. The predicted octanol–water partition coefficient (Wildman–Crippen LogP) is 3.68. The number of alkyl halides is 5. The van der Waals surface area contributed by atoms with Crippen molar-refractivity contribution in [2.24, 2.45) is 0 Å². The van der Waals surface area contributed by atoms with E-state index >= 15 is 0 Å². The number of rotatable bonds is 2. The molecule has 0 amide bonds. The molecule has 2 aromatic heterocycles. The van der Waals surface area contributed by atoms with Crippen molar-refractivity contribution in [1.82, 2.24) is 14.8 Å². The highest BCUT2D eigenvalue weighted by molar-refractivity contribution is 5.84. The molecule has 1 N–H and O–H groups in total. The van der Waals surface area contributed by atoms with Crippen LogP contribution in [-0.4, -0.2) is 20.9 Å². The SMILES string of the molecule is Cc1nn(-c2ccccc2)c2[nH]c(=O)cc(C(F)(F)C(F)(F)F)c12. The fourth-order valence-corrected chi connectivity index (χ4v) is 2.48. The van der Waals surface area contributed by atoms with E-state index in [1.54, 1.807) is 30.3 Å². The number of aromatic amines is 1. The third kappa shape index (κ3) is 2.36. The van der Waals surface area contributed by atoms with Crippen LogP contribution in [0.25, 0.3) is 16.7 Å². The second-order valence-electron chi connectivity index (χ2n) is 5.18. The van der Waals surface area contributed by atoms with Gasteiger partial charge in [0.2, 0.25) is 5.56 Å². The molecule has 3 aromatic rings. The quantitative estimate of drug-likeness (QED) is 0.722. The molecule has 2 heterocycles. The number of nitrogens with one attached hydrogen (secondary N) is 1. The maximum atomic E-state index is 13.8. The summed E-state index contributed by atoms with van der Waals surface area (Å²) in [6.45, 7) is 1.30.